The Morgan fingerprint density at radius 1 is 1.22 bits per heavy atom. The van der Waals surface area contributed by atoms with Crippen molar-refractivity contribution in [3.8, 4) is 16.3 Å². The third kappa shape index (κ3) is 4.44. The number of benzene rings is 1. The third-order valence-corrected chi connectivity index (χ3v) is 6.26. The van der Waals surface area contributed by atoms with Crippen molar-refractivity contribution < 1.29 is 13.2 Å². The van der Waals surface area contributed by atoms with Crippen molar-refractivity contribution in [2.45, 2.75) is 18.4 Å². The molecule has 0 atom stereocenters. The minimum atomic E-state index is -3.77. The molecule has 1 aromatic carbocycles. The van der Waals surface area contributed by atoms with Crippen LogP contribution in [0.4, 0.5) is 0 Å². The maximum atomic E-state index is 12.6. The summed E-state index contributed by atoms with van der Waals surface area (Å²) in [6.07, 6.45) is 0. The zero-order chi connectivity index (χ0) is 19.4. The maximum Gasteiger partial charge on any atom is 0.266 e. The highest BCUT2D eigenvalue weighted by Gasteiger charge is 2.19. The summed E-state index contributed by atoms with van der Waals surface area (Å²) in [5.74, 6) is 0.275. The number of ether oxygens (including phenoxy) is 1. The molecule has 0 saturated carbocycles. The number of nitrogens with one attached hydrogen (secondary N) is 1. The first-order valence-electron chi connectivity index (χ1n) is 8.17. The third-order valence-electron chi connectivity index (χ3n) is 3.86. The Bertz CT molecular complexity index is 1090. The molecule has 9 heteroatoms. The van der Waals surface area contributed by atoms with Crippen LogP contribution in [-0.2, 0) is 16.6 Å². The minimum absolute atomic E-state index is 0.0279. The van der Waals surface area contributed by atoms with Gasteiger partial charge in [0.25, 0.3) is 5.56 Å². The quantitative estimate of drug-likeness (QED) is 0.651. The van der Waals surface area contributed by atoms with Gasteiger partial charge in [0.15, 0.2) is 0 Å². The molecular formula is C18H19N3O4S2. The summed E-state index contributed by atoms with van der Waals surface area (Å²) in [6.45, 7) is 2.00. The Labute approximate surface area is 161 Å². The van der Waals surface area contributed by atoms with Gasteiger partial charge in [-0.05, 0) is 42.1 Å². The van der Waals surface area contributed by atoms with Crippen molar-refractivity contribution in [3.63, 3.8) is 0 Å². The SMILES string of the molecule is COc1cc(C)ccc1S(=O)(=O)NCCn1nc(-c2cccs2)ccc1=O. The van der Waals surface area contributed by atoms with Crippen molar-refractivity contribution in [2.24, 2.45) is 0 Å². The highest BCUT2D eigenvalue weighted by atomic mass is 32.2. The Hall–Kier alpha value is -2.49. The molecule has 142 valence electrons. The standard InChI is InChI=1S/C18H19N3O4S2/c1-13-5-7-17(15(12-13)25-2)27(23,24)19-9-10-21-18(22)8-6-14(20-21)16-4-3-11-26-16/h3-8,11-12,19H,9-10H2,1-2H3. The lowest BCUT2D eigenvalue weighted by molar-refractivity contribution is 0.402. The van der Waals surface area contributed by atoms with Crippen LogP contribution in [0, 0.1) is 6.92 Å². The fourth-order valence-electron chi connectivity index (χ4n) is 2.53. The zero-order valence-electron chi connectivity index (χ0n) is 14.9. The van der Waals surface area contributed by atoms with E-state index in [1.165, 1.54) is 35.3 Å². The predicted octanol–water partition coefficient (Wildman–Crippen LogP) is 2.27. The topological polar surface area (TPSA) is 90.3 Å². The van der Waals surface area contributed by atoms with Crippen molar-refractivity contribution in [2.75, 3.05) is 13.7 Å². The first-order valence-corrected chi connectivity index (χ1v) is 10.5. The van der Waals surface area contributed by atoms with E-state index in [1.54, 1.807) is 18.2 Å². The molecule has 0 bridgehead atoms. The van der Waals surface area contributed by atoms with Crippen molar-refractivity contribution >= 4 is 21.4 Å². The Balaban J connectivity index is 1.74. The molecule has 0 aliphatic rings. The van der Waals surface area contributed by atoms with Crippen LogP contribution in [0.5, 0.6) is 5.75 Å². The average molecular weight is 406 g/mol. The van der Waals surface area contributed by atoms with E-state index >= 15 is 0 Å². The van der Waals surface area contributed by atoms with Crippen molar-refractivity contribution in [3.05, 3.63) is 63.8 Å². The molecule has 0 aliphatic heterocycles. The number of aromatic nitrogens is 2. The molecule has 2 heterocycles. The molecule has 0 saturated heterocycles. The Morgan fingerprint density at radius 3 is 2.74 bits per heavy atom. The van der Waals surface area contributed by atoms with Gasteiger partial charge in [-0.1, -0.05) is 12.1 Å². The van der Waals surface area contributed by atoms with Crippen molar-refractivity contribution in [1.29, 1.82) is 0 Å². The highest BCUT2D eigenvalue weighted by molar-refractivity contribution is 7.89. The normalized spacial score (nSPS) is 11.5. The number of nitrogens with zero attached hydrogens (tertiary/aromatic N) is 2. The van der Waals surface area contributed by atoms with Crippen LogP contribution < -0.4 is 15.0 Å². The number of hydrogen-bond donors (Lipinski definition) is 1. The van der Waals surface area contributed by atoms with Crippen LogP contribution in [0.25, 0.3) is 10.6 Å². The van der Waals surface area contributed by atoms with E-state index in [0.29, 0.717) is 5.69 Å². The van der Waals surface area contributed by atoms with Gasteiger partial charge < -0.3 is 4.74 Å². The molecule has 0 spiro atoms. The van der Waals surface area contributed by atoms with E-state index in [-0.39, 0.29) is 29.3 Å². The van der Waals surface area contributed by atoms with Gasteiger partial charge in [0, 0.05) is 12.6 Å². The number of sulfonamides is 1. The molecule has 0 unspecified atom stereocenters. The monoisotopic (exact) mass is 405 g/mol. The van der Waals surface area contributed by atoms with E-state index in [4.69, 9.17) is 4.74 Å². The molecule has 3 aromatic rings. The number of aryl methyl sites for hydroxylation is 1. The fourth-order valence-corrected chi connectivity index (χ4v) is 4.39. The first kappa shape index (κ1) is 19.3. The Kier molecular flexibility index (Phi) is 5.73. The van der Waals surface area contributed by atoms with Crippen molar-refractivity contribution in [1.82, 2.24) is 14.5 Å². The molecule has 0 radical (unpaired) electrons. The van der Waals surface area contributed by atoms with Gasteiger partial charge in [-0.2, -0.15) is 5.10 Å². The van der Waals surface area contributed by atoms with E-state index in [2.05, 4.69) is 9.82 Å². The van der Waals surface area contributed by atoms with E-state index in [1.807, 2.05) is 24.4 Å². The van der Waals surface area contributed by atoms with Gasteiger partial charge in [0.1, 0.15) is 16.3 Å². The number of methoxy groups -OCH3 is 1. The largest absolute Gasteiger partial charge is 0.495 e. The molecule has 0 amide bonds. The molecule has 0 aliphatic carbocycles. The maximum absolute atomic E-state index is 12.6. The van der Waals surface area contributed by atoms with Gasteiger partial charge in [-0.15, -0.1) is 11.3 Å². The molecule has 27 heavy (non-hydrogen) atoms. The highest BCUT2D eigenvalue weighted by Crippen LogP contribution is 2.24. The van der Waals surface area contributed by atoms with Crippen LogP contribution in [0.3, 0.4) is 0 Å². The summed E-state index contributed by atoms with van der Waals surface area (Å²) in [5.41, 5.74) is 1.28. The van der Waals surface area contributed by atoms with E-state index in [0.717, 1.165) is 10.4 Å². The summed E-state index contributed by atoms with van der Waals surface area (Å²) >= 11 is 1.52. The lowest BCUT2D eigenvalue weighted by Gasteiger charge is -2.12. The number of hydrogen-bond acceptors (Lipinski definition) is 6. The first-order chi connectivity index (χ1) is 12.9. The van der Waals surface area contributed by atoms with Gasteiger partial charge in [-0.3, -0.25) is 4.79 Å². The van der Waals surface area contributed by atoms with Crippen LogP contribution in [0.15, 0.2) is 57.5 Å². The van der Waals surface area contributed by atoms with Crippen LogP contribution in [-0.4, -0.2) is 31.9 Å². The molecule has 7 nitrogen and oxygen atoms in total. The second-order valence-electron chi connectivity index (χ2n) is 5.81. The summed E-state index contributed by atoms with van der Waals surface area (Å²) in [7, 11) is -2.35. The molecule has 0 fully saturated rings. The van der Waals surface area contributed by atoms with Crippen LogP contribution in [0.1, 0.15) is 5.56 Å². The lowest BCUT2D eigenvalue weighted by atomic mass is 10.2. The second kappa shape index (κ2) is 8.03. The number of rotatable bonds is 7. The fraction of sp³-hybridized carbons (Fsp3) is 0.222. The molecular weight excluding hydrogens is 386 g/mol. The zero-order valence-corrected chi connectivity index (χ0v) is 16.5. The summed E-state index contributed by atoms with van der Waals surface area (Å²) in [5, 5.41) is 6.23. The second-order valence-corrected chi connectivity index (χ2v) is 8.49. The average Bonchev–Trinajstić information content (AvgIpc) is 3.17. The van der Waals surface area contributed by atoms with Gasteiger partial charge >= 0.3 is 0 Å². The smallest absolute Gasteiger partial charge is 0.266 e. The molecule has 3 rings (SSSR count). The van der Waals surface area contributed by atoms with Gasteiger partial charge in [0.05, 0.1) is 18.5 Å². The van der Waals surface area contributed by atoms with Crippen LogP contribution in [0.2, 0.25) is 0 Å². The van der Waals surface area contributed by atoms with E-state index in [9.17, 15) is 13.2 Å². The Morgan fingerprint density at radius 2 is 2.04 bits per heavy atom. The predicted molar refractivity (Wildman–Crippen MR) is 105 cm³/mol. The number of thiophene rings is 1. The summed E-state index contributed by atoms with van der Waals surface area (Å²) in [4.78, 5) is 13.0. The van der Waals surface area contributed by atoms with Gasteiger partial charge in [0.2, 0.25) is 10.0 Å². The molecule has 1 N–H and O–H groups in total. The van der Waals surface area contributed by atoms with Crippen LogP contribution >= 0.6 is 11.3 Å². The van der Waals surface area contributed by atoms with Gasteiger partial charge in [-0.25, -0.2) is 17.8 Å². The summed E-state index contributed by atoms with van der Waals surface area (Å²) in [6, 6.07) is 11.8. The van der Waals surface area contributed by atoms with E-state index < -0.39 is 10.0 Å². The lowest BCUT2D eigenvalue weighted by Crippen LogP contribution is -2.32. The summed E-state index contributed by atoms with van der Waals surface area (Å²) < 4.78 is 34.0. The minimum Gasteiger partial charge on any atom is -0.495 e. The molecule has 2 aromatic heterocycles.